The highest BCUT2D eigenvalue weighted by Gasteiger charge is 2.13. The van der Waals surface area contributed by atoms with Crippen molar-refractivity contribution in [2.24, 2.45) is 11.7 Å². The zero-order valence-corrected chi connectivity index (χ0v) is 11.8. The first-order valence-corrected chi connectivity index (χ1v) is 6.96. The van der Waals surface area contributed by atoms with Gasteiger partial charge in [-0.1, -0.05) is 13.0 Å². The minimum atomic E-state index is -0.157. The van der Waals surface area contributed by atoms with E-state index < -0.39 is 0 Å². The lowest BCUT2D eigenvalue weighted by atomic mass is 10.1. The highest BCUT2D eigenvalue weighted by molar-refractivity contribution is 5.78. The minimum absolute atomic E-state index is 0.0234. The van der Waals surface area contributed by atoms with Crippen LogP contribution in [0, 0.1) is 5.92 Å². The Bertz CT molecular complexity index is 429. The maximum Gasteiger partial charge on any atom is 0.224 e. The van der Waals surface area contributed by atoms with Gasteiger partial charge in [0.05, 0.1) is 13.2 Å². The van der Waals surface area contributed by atoms with Crippen LogP contribution in [0.3, 0.4) is 0 Å². The van der Waals surface area contributed by atoms with Gasteiger partial charge >= 0.3 is 0 Å². The fourth-order valence-corrected chi connectivity index (χ4v) is 1.97. The Labute approximate surface area is 119 Å². The molecule has 0 aromatic carbocycles. The Morgan fingerprint density at radius 3 is 2.85 bits per heavy atom. The Hall–Kier alpha value is -1.66. The van der Waals surface area contributed by atoms with Crippen molar-refractivity contribution < 1.29 is 9.53 Å². The standard InChI is InChI=1S/C14H22N4O2/c1-11(8-15)14(19)17-10-12-2-3-13(16-9-12)18-4-6-20-7-5-18/h2-3,9,11H,4-8,10,15H2,1H3,(H,17,19). The van der Waals surface area contributed by atoms with E-state index in [1.54, 1.807) is 6.20 Å². The summed E-state index contributed by atoms with van der Waals surface area (Å²) in [5, 5.41) is 2.86. The smallest absolute Gasteiger partial charge is 0.224 e. The summed E-state index contributed by atoms with van der Waals surface area (Å²) in [5.41, 5.74) is 6.44. The van der Waals surface area contributed by atoms with Gasteiger partial charge in [0, 0.05) is 38.3 Å². The molecule has 1 fully saturated rings. The molecule has 2 heterocycles. The zero-order chi connectivity index (χ0) is 14.4. The number of hydrogen-bond donors (Lipinski definition) is 2. The molecule has 0 aliphatic carbocycles. The van der Waals surface area contributed by atoms with Gasteiger partial charge in [-0.3, -0.25) is 4.79 Å². The molecule has 0 spiro atoms. The third-order valence-corrected chi connectivity index (χ3v) is 3.41. The number of aromatic nitrogens is 1. The second-order valence-corrected chi connectivity index (χ2v) is 4.98. The van der Waals surface area contributed by atoms with E-state index in [4.69, 9.17) is 10.5 Å². The average Bonchev–Trinajstić information content (AvgIpc) is 2.53. The van der Waals surface area contributed by atoms with Gasteiger partial charge in [0.1, 0.15) is 5.82 Å². The van der Waals surface area contributed by atoms with Crippen molar-refractivity contribution in [3.05, 3.63) is 23.9 Å². The number of nitrogens with zero attached hydrogens (tertiary/aromatic N) is 2. The van der Waals surface area contributed by atoms with Crippen molar-refractivity contribution in [3.8, 4) is 0 Å². The highest BCUT2D eigenvalue weighted by atomic mass is 16.5. The molecule has 2 rings (SSSR count). The zero-order valence-electron chi connectivity index (χ0n) is 11.8. The van der Waals surface area contributed by atoms with Crippen molar-refractivity contribution in [3.63, 3.8) is 0 Å². The second-order valence-electron chi connectivity index (χ2n) is 4.98. The summed E-state index contributed by atoms with van der Waals surface area (Å²) in [6.45, 7) is 5.90. The molecule has 1 saturated heterocycles. The topological polar surface area (TPSA) is 80.5 Å². The van der Waals surface area contributed by atoms with Gasteiger partial charge in [0.2, 0.25) is 5.91 Å². The lowest BCUT2D eigenvalue weighted by Crippen LogP contribution is -2.36. The Morgan fingerprint density at radius 2 is 2.25 bits per heavy atom. The molecule has 0 bridgehead atoms. The number of nitrogens with two attached hydrogens (primary N) is 1. The summed E-state index contributed by atoms with van der Waals surface area (Å²) in [7, 11) is 0. The van der Waals surface area contributed by atoms with Crippen molar-refractivity contribution in [1.29, 1.82) is 0 Å². The summed E-state index contributed by atoms with van der Waals surface area (Å²) in [6.07, 6.45) is 1.80. The molecule has 0 saturated carbocycles. The molecular formula is C14H22N4O2. The number of carbonyl (C=O) groups excluding carboxylic acids is 1. The van der Waals surface area contributed by atoms with E-state index in [-0.39, 0.29) is 11.8 Å². The average molecular weight is 278 g/mol. The van der Waals surface area contributed by atoms with E-state index in [0.717, 1.165) is 37.7 Å². The van der Waals surface area contributed by atoms with Crippen molar-refractivity contribution >= 4 is 11.7 Å². The number of ether oxygens (including phenoxy) is 1. The Balaban J connectivity index is 1.86. The largest absolute Gasteiger partial charge is 0.378 e. The third kappa shape index (κ3) is 3.91. The van der Waals surface area contributed by atoms with Gasteiger partial charge in [0.25, 0.3) is 0 Å². The molecule has 1 atom stereocenters. The first-order chi connectivity index (χ1) is 9.70. The van der Waals surface area contributed by atoms with Crippen LogP contribution < -0.4 is 16.0 Å². The van der Waals surface area contributed by atoms with Crippen LogP contribution in [0.5, 0.6) is 0 Å². The maximum atomic E-state index is 11.6. The molecule has 1 aromatic rings. The van der Waals surface area contributed by atoms with E-state index >= 15 is 0 Å². The van der Waals surface area contributed by atoms with Crippen LogP contribution in [0.1, 0.15) is 12.5 Å². The lowest BCUT2D eigenvalue weighted by Gasteiger charge is -2.27. The van der Waals surface area contributed by atoms with Gasteiger partial charge in [0.15, 0.2) is 0 Å². The summed E-state index contributed by atoms with van der Waals surface area (Å²) in [5.74, 6) is 0.777. The van der Waals surface area contributed by atoms with E-state index in [9.17, 15) is 4.79 Å². The van der Waals surface area contributed by atoms with Gasteiger partial charge < -0.3 is 20.7 Å². The van der Waals surface area contributed by atoms with Crippen LogP contribution in [0.25, 0.3) is 0 Å². The molecule has 1 aromatic heterocycles. The second kappa shape index (κ2) is 7.21. The summed E-state index contributed by atoms with van der Waals surface area (Å²) in [6, 6.07) is 3.98. The van der Waals surface area contributed by atoms with Crippen LogP contribution in [-0.4, -0.2) is 43.7 Å². The fraction of sp³-hybridized carbons (Fsp3) is 0.571. The number of nitrogens with one attached hydrogen (secondary N) is 1. The summed E-state index contributed by atoms with van der Waals surface area (Å²) >= 11 is 0. The highest BCUT2D eigenvalue weighted by Crippen LogP contribution is 2.13. The molecule has 6 heteroatoms. The van der Waals surface area contributed by atoms with Crippen molar-refractivity contribution in [1.82, 2.24) is 10.3 Å². The van der Waals surface area contributed by atoms with Crippen LogP contribution in [0.4, 0.5) is 5.82 Å². The van der Waals surface area contributed by atoms with Crippen molar-refractivity contribution in [2.75, 3.05) is 37.7 Å². The van der Waals surface area contributed by atoms with Crippen LogP contribution in [0.15, 0.2) is 18.3 Å². The molecule has 1 unspecified atom stereocenters. The van der Waals surface area contributed by atoms with E-state index in [2.05, 4.69) is 15.2 Å². The van der Waals surface area contributed by atoms with E-state index in [0.29, 0.717) is 13.1 Å². The monoisotopic (exact) mass is 278 g/mol. The van der Waals surface area contributed by atoms with Gasteiger partial charge in [-0.05, 0) is 11.6 Å². The first kappa shape index (κ1) is 14.7. The Kier molecular flexibility index (Phi) is 5.31. The molecule has 6 nitrogen and oxygen atoms in total. The molecule has 0 radical (unpaired) electrons. The molecule has 1 amide bonds. The number of carbonyl (C=O) groups is 1. The number of amides is 1. The number of hydrogen-bond acceptors (Lipinski definition) is 5. The van der Waals surface area contributed by atoms with Gasteiger partial charge in [-0.25, -0.2) is 4.98 Å². The van der Waals surface area contributed by atoms with E-state index in [1.807, 2.05) is 19.1 Å². The first-order valence-electron chi connectivity index (χ1n) is 6.96. The van der Waals surface area contributed by atoms with Gasteiger partial charge in [-0.2, -0.15) is 0 Å². The molecule has 1 aliphatic rings. The van der Waals surface area contributed by atoms with Crippen LogP contribution in [0.2, 0.25) is 0 Å². The van der Waals surface area contributed by atoms with E-state index in [1.165, 1.54) is 0 Å². The quantitative estimate of drug-likeness (QED) is 0.800. The molecule has 20 heavy (non-hydrogen) atoms. The normalized spacial score (nSPS) is 16.8. The number of rotatable bonds is 5. The third-order valence-electron chi connectivity index (χ3n) is 3.41. The van der Waals surface area contributed by atoms with Crippen LogP contribution in [-0.2, 0) is 16.1 Å². The summed E-state index contributed by atoms with van der Waals surface area (Å²) < 4.78 is 5.32. The Morgan fingerprint density at radius 1 is 1.50 bits per heavy atom. The number of anilines is 1. The molecule has 110 valence electrons. The predicted molar refractivity (Wildman–Crippen MR) is 77.3 cm³/mol. The van der Waals surface area contributed by atoms with Crippen LogP contribution >= 0.6 is 0 Å². The molecule has 3 N–H and O–H groups in total. The predicted octanol–water partition coefficient (Wildman–Crippen LogP) is 0.129. The summed E-state index contributed by atoms with van der Waals surface area (Å²) in [4.78, 5) is 18.3. The lowest BCUT2D eigenvalue weighted by molar-refractivity contribution is -0.124. The SMILES string of the molecule is CC(CN)C(=O)NCc1ccc(N2CCOCC2)nc1. The number of pyridine rings is 1. The number of morpholine rings is 1. The molecule has 1 aliphatic heterocycles. The van der Waals surface area contributed by atoms with Gasteiger partial charge in [-0.15, -0.1) is 0 Å². The molecular weight excluding hydrogens is 256 g/mol. The fourth-order valence-electron chi connectivity index (χ4n) is 1.97. The van der Waals surface area contributed by atoms with Crippen molar-refractivity contribution in [2.45, 2.75) is 13.5 Å². The minimum Gasteiger partial charge on any atom is -0.378 e. The maximum absolute atomic E-state index is 11.6.